The number of imide groups is 1. The molecule has 1 heterocycles. The summed E-state index contributed by atoms with van der Waals surface area (Å²) in [6, 6.07) is 0. The number of carbonyl (C=O) groups is 3. The first kappa shape index (κ1) is 27.2. The zero-order chi connectivity index (χ0) is 23.0. The highest BCUT2D eigenvalue weighted by molar-refractivity contribution is 6.12. The van der Waals surface area contributed by atoms with Gasteiger partial charge in [0.15, 0.2) is 0 Å². The van der Waals surface area contributed by atoms with Gasteiger partial charge in [0.05, 0.1) is 79.0 Å². The first-order valence-electron chi connectivity index (χ1n) is 10.4. The van der Waals surface area contributed by atoms with Gasteiger partial charge in [-0.25, -0.2) is 0 Å². The summed E-state index contributed by atoms with van der Waals surface area (Å²) in [7, 11) is 0. The Morgan fingerprint density at radius 3 is 1.52 bits per heavy atom. The standard InChI is InChI=1S/C21H35NO9/c1-21(2,3)31-20(25)6-8-26-10-12-28-14-16-30-17-15-29-13-11-27-9-7-22-18(23)4-5-19(22)24/h4-5H,6-17H2,1-3H3. The van der Waals surface area contributed by atoms with Gasteiger partial charge in [-0.1, -0.05) is 0 Å². The van der Waals surface area contributed by atoms with Crippen molar-refractivity contribution in [1.82, 2.24) is 4.90 Å². The number of carbonyl (C=O) groups excluding carboxylic acids is 3. The molecule has 0 saturated heterocycles. The molecule has 178 valence electrons. The Balaban J connectivity index is 1.75. The summed E-state index contributed by atoms with van der Waals surface area (Å²) < 4.78 is 31.9. The fraction of sp³-hybridized carbons (Fsp3) is 0.762. The highest BCUT2D eigenvalue weighted by Gasteiger charge is 2.22. The van der Waals surface area contributed by atoms with Gasteiger partial charge in [-0.2, -0.15) is 0 Å². The molecule has 10 nitrogen and oxygen atoms in total. The van der Waals surface area contributed by atoms with Crippen LogP contribution in [0.4, 0.5) is 0 Å². The predicted molar refractivity (Wildman–Crippen MR) is 110 cm³/mol. The SMILES string of the molecule is CC(C)(C)OC(=O)CCOCCOCCOCCOCCOCCN1C(=O)C=CC1=O. The quantitative estimate of drug-likeness (QED) is 0.171. The first-order valence-corrected chi connectivity index (χ1v) is 10.4. The number of amides is 2. The Bertz CT molecular complexity index is 554. The van der Waals surface area contributed by atoms with Crippen molar-refractivity contribution in [2.75, 3.05) is 72.6 Å². The van der Waals surface area contributed by atoms with Gasteiger partial charge in [-0.3, -0.25) is 19.3 Å². The van der Waals surface area contributed by atoms with Gasteiger partial charge in [0.1, 0.15) is 5.60 Å². The third-order valence-electron chi connectivity index (χ3n) is 3.72. The van der Waals surface area contributed by atoms with E-state index in [9.17, 15) is 14.4 Å². The predicted octanol–water partition coefficient (Wildman–Crippen LogP) is 0.726. The minimum atomic E-state index is -0.477. The van der Waals surface area contributed by atoms with Crippen LogP contribution in [0.3, 0.4) is 0 Å². The fourth-order valence-electron chi connectivity index (χ4n) is 2.34. The van der Waals surface area contributed by atoms with E-state index in [0.29, 0.717) is 59.5 Å². The topological polar surface area (TPSA) is 110 Å². The summed E-state index contributed by atoms with van der Waals surface area (Å²) in [6.07, 6.45) is 2.72. The van der Waals surface area contributed by atoms with Crippen molar-refractivity contribution in [2.45, 2.75) is 32.8 Å². The normalized spacial score (nSPS) is 14.0. The van der Waals surface area contributed by atoms with Crippen molar-refractivity contribution >= 4 is 17.8 Å². The number of rotatable bonds is 18. The zero-order valence-corrected chi connectivity index (χ0v) is 18.8. The van der Waals surface area contributed by atoms with Crippen molar-refractivity contribution in [1.29, 1.82) is 0 Å². The number of hydrogen-bond donors (Lipinski definition) is 0. The zero-order valence-electron chi connectivity index (χ0n) is 18.8. The van der Waals surface area contributed by atoms with E-state index >= 15 is 0 Å². The van der Waals surface area contributed by atoms with Crippen LogP contribution in [0.5, 0.6) is 0 Å². The van der Waals surface area contributed by atoms with Crippen molar-refractivity contribution < 1.29 is 42.8 Å². The maximum atomic E-state index is 11.5. The van der Waals surface area contributed by atoms with E-state index in [0.717, 1.165) is 4.90 Å². The largest absolute Gasteiger partial charge is 0.460 e. The van der Waals surface area contributed by atoms with Gasteiger partial charge < -0.3 is 28.4 Å². The smallest absolute Gasteiger partial charge is 0.308 e. The number of nitrogens with zero attached hydrogens (tertiary/aromatic N) is 1. The van der Waals surface area contributed by atoms with Gasteiger partial charge in [0.25, 0.3) is 11.8 Å². The average Bonchev–Trinajstić information content (AvgIpc) is 3.00. The van der Waals surface area contributed by atoms with Crippen molar-refractivity contribution in [3.63, 3.8) is 0 Å². The molecule has 0 aromatic rings. The van der Waals surface area contributed by atoms with E-state index in [-0.39, 0.29) is 37.4 Å². The molecule has 0 aromatic carbocycles. The molecule has 0 unspecified atom stereocenters. The Morgan fingerprint density at radius 1 is 0.710 bits per heavy atom. The monoisotopic (exact) mass is 445 g/mol. The van der Waals surface area contributed by atoms with E-state index in [1.54, 1.807) is 0 Å². The lowest BCUT2D eigenvalue weighted by Gasteiger charge is -2.19. The van der Waals surface area contributed by atoms with E-state index in [1.165, 1.54) is 12.2 Å². The molecule has 0 aromatic heterocycles. The van der Waals surface area contributed by atoms with E-state index in [2.05, 4.69) is 0 Å². The molecule has 0 spiro atoms. The van der Waals surface area contributed by atoms with E-state index < -0.39 is 5.60 Å². The molecule has 1 aliphatic heterocycles. The molecular weight excluding hydrogens is 410 g/mol. The Hall–Kier alpha value is -1.85. The highest BCUT2D eigenvalue weighted by atomic mass is 16.6. The number of esters is 1. The van der Waals surface area contributed by atoms with Gasteiger partial charge in [-0.15, -0.1) is 0 Å². The Morgan fingerprint density at radius 2 is 1.10 bits per heavy atom. The second-order valence-corrected chi connectivity index (χ2v) is 7.56. The lowest BCUT2D eigenvalue weighted by molar-refractivity contribution is -0.156. The number of hydrogen-bond acceptors (Lipinski definition) is 9. The van der Waals surface area contributed by atoms with Crippen LogP contribution < -0.4 is 0 Å². The molecule has 1 aliphatic rings. The molecule has 0 atom stereocenters. The lowest BCUT2D eigenvalue weighted by atomic mass is 10.2. The molecule has 10 heteroatoms. The molecule has 0 saturated carbocycles. The fourth-order valence-corrected chi connectivity index (χ4v) is 2.34. The Labute approximate surface area is 183 Å². The average molecular weight is 446 g/mol. The van der Waals surface area contributed by atoms with Gasteiger partial charge >= 0.3 is 5.97 Å². The van der Waals surface area contributed by atoms with Crippen molar-refractivity contribution in [3.8, 4) is 0 Å². The lowest BCUT2D eigenvalue weighted by Crippen LogP contribution is -2.33. The molecule has 2 amide bonds. The van der Waals surface area contributed by atoms with Gasteiger partial charge in [0, 0.05) is 12.2 Å². The molecule has 0 aliphatic carbocycles. The minimum Gasteiger partial charge on any atom is -0.460 e. The van der Waals surface area contributed by atoms with E-state index in [4.69, 9.17) is 28.4 Å². The summed E-state index contributed by atoms with van der Waals surface area (Å²) in [4.78, 5) is 35.3. The molecule has 1 rings (SSSR count). The third kappa shape index (κ3) is 14.7. The third-order valence-corrected chi connectivity index (χ3v) is 3.72. The molecule has 31 heavy (non-hydrogen) atoms. The van der Waals surface area contributed by atoms with Crippen LogP contribution in [0.15, 0.2) is 12.2 Å². The van der Waals surface area contributed by atoms with Crippen LogP contribution in [0.1, 0.15) is 27.2 Å². The summed E-state index contributed by atoms with van der Waals surface area (Å²) in [5, 5.41) is 0. The van der Waals surface area contributed by atoms with Crippen molar-refractivity contribution in [3.05, 3.63) is 12.2 Å². The summed E-state index contributed by atoms with van der Waals surface area (Å²) >= 11 is 0. The molecule has 0 radical (unpaired) electrons. The molecule has 0 N–H and O–H groups in total. The molecule has 0 fully saturated rings. The highest BCUT2D eigenvalue weighted by Crippen LogP contribution is 2.08. The van der Waals surface area contributed by atoms with Crippen LogP contribution in [0.25, 0.3) is 0 Å². The van der Waals surface area contributed by atoms with Gasteiger partial charge in [-0.05, 0) is 20.8 Å². The molecular formula is C21H35NO9. The van der Waals surface area contributed by atoms with Crippen molar-refractivity contribution in [2.24, 2.45) is 0 Å². The Kier molecular flexibility index (Phi) is 13.9. The van der Waals surface area contributed by atoms with Crippen LogP contribution in [-0.2, 0) is 42.8 Å². The second-order valence-electron chi connectivity index (χ2n) is 7.56. The van der Waals surface area contributed by atoms with Crippen LogP contribution >= 0.6 is 0 Å². The summed E-state index contributed by atoms with van der Waals surface area (Å²) in [6.45, 7) is 9.69. The minimum absolute atomic E-state index is 0.223. The first-order chi connectivity index (χ1) is 14.8. The summed E-state index contributed by atoms with van der Waals surface area (Å²) in [5.41, 5.74) is -0.477. The van der Waals surface area contributed by atoms with Gasteiger partial charge in [0.2, 0.25) is 0 Å². The van der Waals surface area contributed by atoms with Crippen LogP contribution in [0, 0.1) is 0 Å². The second kappa shape index (κ2) is 15.9. The summed E-state index contributed by atoms with van der Waals surface area (Å²) in [5.74, 6) is -0.892. The van der Waals surface area contributed by atoms with Crippen LogP contribution in [-0.4, -0.2) is 101 Å². The maximum Gasteiger partial charge on any atom is 0.308 e. The maximum absolute atomic E-state index is 11.5. The molecule has 0 bridgehead atoms. The van der Waals surface area contributed by atoms with Crippen LogP contribution in [0.2, 0.25) is 0 Å². The number of ether oxygens (including phenoxy) is 6. The van der Waals surface area contributed by atoms with E-state index in [1.807, 2.05) is 20.8 Å².